The predicted octanol–water partition coefficient (Wildman–Crippen LogP) is 1.58. The van der Waals surface area contributed by atoms with Crippen LogP contribution in [0.15, 0.2) is 45.9 Å². The van der Waals surface area contributed by atoms with Crippen LogP contribution in [-0.2, 0) is 25.6 Å². The molecule has 3 rings (SSSR count). The maximum absolute atomic E-state index is 12.8. The lowest BCUT2D eigenvalue weighted by molar-refractivity contribution is 0.307. The highest BCUT2D eigenvalue weighted by Crippen LogP contribution is 2.32. The van der Waals surface area contributed by atoms with Crippen molar-refractivity contribution in [1.82, 2.24) is 4.31 Å². The van der Waals surface area contributed by atoms with Crippen LogP contribution in [0, 0.1) is 6.92 Å². The molecule has 0 spiro atoms. The summed E-state index contributed by atoms with van der Waals surface area (Å²) in [6.45, 7) is 1.65. The van der Waals surface area contributed by atoms with Gasteiger partial charge in [-0.05, 0) is 36.8 Å². The summed E-state index contributed by atoms with van der Waals surface area (Å²) < 4.78 is 61.6. The Hall–Kier alpha value is -1.84. The second-order valence-corrected chi connectivity index (χ2v) is 10.2. The molecule has 0 aliphatic carbocycles. The average molecular weight is 385 g/mol. The second-order valence-electron chi connectivity index (χ2n) is 5.98. The minimum Gasteiger partial charge on any atom is -0.495 e. The van der Waals surface area contributed by atoms with Crippen LogP contribution in [0.25, 0.3) is 0 Å². The normalized spacial score (nSPS) is 16.6. The molecule has 0 unspecified atom stereocenters. The van der Waals surface area contributed by atoms with Gasteiger partial charge in [0.05, 0.1) is 18.6 Å². The first kappa shape index (κ1) is 18.0. The number of sulfonamides is 1. The summed E-state index contributed by atoms with van der Waals surface area (Å²) in [5.74, 6) is 0.362. The van der Waals surface area contributed by atoms with E-state index in [2.05, 4.69) is 0 Å². The van der Waals surface area contributed by atoms with Crippen LogP contribution in [0.1, 0.15) is 11.3 Å². The molecule has 0 bridgehead atoms. The third kappa shape index (κ3) is 3.44. The van der Waals surface area contributed by atoms with Crippen molar-refractivity contribution < 1.29 is 26.0 Å². The van der Waals surface area contributed by atoms with Gasteiger partial charge in [-0.3, -0.25) is 0 Å². The van der Waals surface area contributed by atoms with Crippen LogP contribution >= 0.6 is 0 Å². The SMILES string of the molecule is COc1ccc(C)cc1S(=O)(=O)N1CC(S(=O)(=O)Cc2ccco2)C1. The molecule has 2 heterocycles. The zero-order valence-electron chi connectivity index (χ0n) is 13.9. The molecule has 0 radical (unpaired) electrons. The summed E-state index contributed by atoms with van der Waals surface area (Å²) >= 11 is 0. The molecule has 2 aromatic rings. The number of hydrogen-bond donors (Lipinski definition) is 0. The second kappa shape index (κ2) is 6.47. The predicted molar refractivity (Wildman–Crippen MR) is 91.6 cm³/mol. The van der Waals surface area contributed by atoms with Gasteiger partial charge >= 0.3 is 0 Å². The molecule has 1 aromatic carbocycles. The van der Waals surface area contributed by atoms with E-state index in [4.69, 9.17) is 9.15 Å². The van der Waals surface area contributed by atoms with Gasteiger partial charge in [-0.15, -0.1) is 0 Å². The molecule has 0 atom stereocenters. The van der Waals surface area contributed by atoms with Gasteiger partial charge in [-0.1, -0.05) is 6.07 Å². The fourth-order valence-electron chi connectivity index (χ4n) is 2.66. The third-order valence-electron chi connectivity index (χ3n) is 4.18. The van der Waals surface area contributed by atoms with Crippen LogP contribution in [-0.4, -0.2) is 46.6 Å². The van der Waals surface area contributed by atoms with Gasteiger partial charge in [0.2, 0.25) is 10.0 Å². The van der Waals surface area contributed by atoms with Gasteiger partial charge in [0.1, 0.15) is 22.2 Å². The van der Waals surface area contributed by atoms with Crippen molar-refractivity contribution in [2.24, 2.45) is 0 Å². The quantitative estimate of drug-likeness (QED) is 0.749. The minimum absolute atomic E-state index is 0.0527. The van der Waals surface area contributed by atoms with E-state index in [1.165, 1.54) is 19.4 Å². The monoisotopic (exact) mass is 385 g/mol. The average Bonchev–Trinajstić information content (AvgIpc) is 2.97. The zero-order chi connectivity index (χ0) is 18.2. The Kier molecular flexibility index (Phi) is 4.65. The number of benzene rings is 1. The largest absolute Gasteiger partial charge is 0.495 e. The van der Waals surface area contributed by atoms with Crippen molar-refractivity contribution in [3.63, 3.8) is 0 Å². The highest BCUT2D eigenvalue weighted by Gasteiger charge is 2.44. The van der Waals surface area contributed by atoms with Gasteiger partial charge in [0.25, 0.3) is 0 Å². The number of methoxy groups -OCH3 is 1. The Morgan fingerprint density at radius 2 is 1.92 bits per heavy atom. The molecule has 7 nitrogen and oxygen atoms in total. The lowest BCUT2D eigenvalue weighted by atomic mass is 10.2. The Morgan fingerprint density at radius 3 is 2.52 bits per heavy atom. The molecule has 0 saturated carbocycles. The summed E-state index contributed by atoms with van der Waals surface area (Å²) in [4.78, 5) is 0.0527. The number of rotatable bonds is 6. The van der Waals surface area contributed by atoms with Gasteiger partial charge in [-0.25, -0.2) is 16.8 Å². The van der Waals surface area contributed by atoms with E-state index >= 15 is 0 Å². The highest BCUT2D eigenvalue weighted by atomic mass is 32.2. The summed E-state index contributed by atoms with van der Waals surface area (Å²) in [6, 6.07) is 8.07. The first-order valence-electron chi connectivity index (χ1n) is 7.63. The Morgan fingerprint density at radius 1 is 1.20 bits per heavy atom. The standard InChI is InChI=1S/C16H19NO6S2/c1-12-5-6-15(22-2)16(8-12)25(20,21)17-9-14(10-17)24(18,19)11-13-4-3-7-23-13/h3-8,14H,9-11H2,1-2H3. The van der Waals surface area contributed by atoms with Crippen LogP contribution < -0.4 is 4.74 Å². The molecule has 136 valence electrons. The topological polar surface area (TPSA) is 93.9 Å². The van der Waals surface area contributed by atoms with Gasteiger partial charge < -0.3 is 9.15 Å². The number of sulfone groups is 1. The summed E-state index contributed by atoms with van der Waals surface area (Å²) in [5, 5.41) is -0.733. The smallest absolute Gasteiger partial charge is 0.246 e. The number of aryl methyl sites for hydroxylation is 1. The number of nitrogens with zero attached hydrogens (tertiary/aromatic N) is 1. The minimum atomic E-state index is -3.80. The van der Waals surface area contributed by atoms with Crippen molar-refractivity contribution in [1.29, 1.82) is 0 Å². The first-order chi connectivity index (χ1) is 11.7. The Balaban J connectivity index is 1.76. The maximum Gasteiger partial charge on any atom is 0.246 e. The molecule has 0 N–H and O–H groups in total. The maximum atomic E-state index is 12.8. The van der Waals surface area contributed by atoms with E-state index in [0.717, 1.165) is 9.87 Å². The number of hydrogen-bond acceptors (Lipinski definition) is 6. The summed E-state index contributed by atoms with van der Waals surface area (Å²) in [7, 11) is -5.88. The van der Waals surface area contributed by atoms with Crippen molar-refractivity contribution in [2.75, 3.05) is 20.2 Å². The Bertz CT molecular complexity index is 958. The van der Waals surface area contributed by atoms with Gasteiger partial charge in [-0.2, -0.15) is 4.31 Å². The molecule has 1 aromatic heterocycles. The zero-order valence-corrected chi connectivity index (χ0v) is 15.5. The lowest BCUT2D eigenvalue weighted by Gasteiger charge is -2.37. The number of furan rings is 1. The lowest BCUT2D eigenvalue weighted by Crippen LogP contribution is -2.56. The first-order valence-corrected chi connectivity index (χ1v) is 10.8. The molecule has 1 aliphatic rings. The van der Waals surface area contributed by atoms with E-state index in [9.17, 15) is 16.8 Å². The van der Waals surface area contributed by atoms with E-state index in [1.807, 2.05) is 0 Å². The van der Waals surface area contributed by atoms with Crippen molar-refractivity contribution in [3.05, 3.63) is 47.9 Å². The summed E-state index contributed by atoms with van der Waals surface area (Å²) in [5.41, 5.74) is 0.780. The van der Waals surface area contributed by atoms with Gasteiger partial charge in [0.15, 0.2) is 9.84 Å². The Labute approximate surface area is 147 Å². The highest BCUT2D eigenvalue weighted by molar-refractivity contribution is 7.92. The molecule has 1 fully saturated rings. The van der Waals surface area contributed by atoms with Crippen LogP contribution in [0.2, 0.25) is 0 Å². The van der Waals surface area contributed by atoms with Crippen molar-refractivity contribution >= 4 is 19.9 Å². The van der Waals surface area contributed by atoms with Crippen molar-refractivity contribution in [2.45, 2.75) is 22.8 Å². The van der Waals surface area contributed by atoms with E-state index in [1.54, 1.807) is 31.2 Å². The molecular formula is C16H19NO6S2. The fraction of sp³-hybridized carbons (Fsp3) is 0.375. The fourth-order valence-corrected chi connectivity index (χ4v) is 6.23. The third-order valence-corrected chi connectivity index (χ3v) is 8.04. The molecule has 1 saturated heterocycles. The molecular weight excluding hydrogens is 366 g/mol. The molecule has 25 heavy (non-hydrogen) atoms. The van der Waals surface area contributed by atoms with Gasteiger partial charge in [0, 0.05) is 13.1 Å². The number of ether oxygens (including phenoxy) is 1. The molecule has 0 amide bonds. The van der Waals surface area contributed by atoms with E-state index in [0.29, 0.717) is 5.76 Å². The van der Waals surface area contributed by atoms with Crippen LogP contribution in [0.5, 0.6) is 5.75 Å². The summed E-state index contributed by atoms with van der Waals surface area (Å²) in [6.07, 6.45) is 1.41. The molecule has 1 aliphatic heterocycles. The van der Waals surface area contributed by atoms with E-state index in [-0.39, 0.29) is 29.5 Å². The van der Waals surface area contributed by atoms with Crippen LogP contribution in [0.4, 0.5) is 0 Å². The molecule has 9 heteroatoms. The van der Waals surface area contributed by atoms with Crippen LogP contribution in [0.3, 0.4) is 0 Å². The van der Waals surface area contributed by atoms with Crippen molar-refractivity contribution in [3.8, 4) is 5.75 Å². The van der Waals surface area contributed by atoms with E-state index < -0.39 is 25.1 Å².